The number of aromatic nitrogens is 3. The molecule has 5 heteroatoms. The topological polar surface area (TPSA) is 56.2 Å². The first-order chi connectivity index (χ1) is 10.3. The van der Waals surface area contributed by atoms with E-state index in [1.165, 1.54) is 4.70 Å². The number of para-hydroxylation sites is 1. The number of hydrogen-bond donors (Lipinski definition) is 1. The van der Waals surface area contributed by atoms with Gasteiger partial charge in [0.05, 0.1) is 22.0 Å². The van der Waals surface area contributed by atoms with Gasteiger partial charge in [0, 0.05) is 18.8 Å². The Morgan fingerprint density at radius 2 is 1.95 bits per heavy atom. The maximum Gasteiger partial charge on any atom is 0.136 e. The summed E-state index contributed by atoms with van der Waals surface area (Å²) in [6.45, 7) is 0. The number of nitrogens with two attached hydrogens (primary N) is 1. The van der Waals surface area contributed by atoms with E-state index in [1.54, 1.807) is 11.3 Å². The van der Waals surface area contributed by atoms with E-state index in [2.05, 4.69) is 16.0 Å². The van der Waals surface area contributed by atoms with Gasteiger partial charge in [0.1, 0.15) is 10.7 Å². The molecule has 1 atom stereocenters. The Morgan fingerprint density at radius 1 is 1.10 bits per heavy atom. The van der Waals surface area contributed by atoms with E-state index in [-0.39, 0.29) is 6.04 Å². The molecule has 3 heterocycles. The number of thiazole rings is 1. The minimum atomic E-state index is -0.118. The van der Waals surface area contributed by atoms with Crippen LogP contribution >= 0.6 is 11.3 Å². The molecule has 4 nitrogen and oxygen atoms in total. The lowest BCUT2D eigenvalue weighted by molar-refractivity contribution is 0.706. The van der Waals surface area contributed by atoms with E-state index in [9.17, 15) is 0 Å². The highest BCUT2D eigenvalue weighted by atomic mass is 32.1. The Bertz CT molecular complexity index is 843. The molecule has 0 saturated carbocycles. The van der Waals surface area contributed by atoms with Gasteiger partial charge in [-0.25, -0.2) is 9.97 Å². The van der Waals surface area contributed by atoms with Crippen molar-refractivity contribution in [3.05, 3.63) is 65.6 Å². The third-order valence-corrected chi connectivity index (χ3v) is 4.64. The van der Waals surface area contributed by atoms with E-state index >= 15 is 0 Å². The number of fused-ring (bicyclic) bond motifs is 2. The summed E-state index contributed by atoms with van der Waals surface area (Å²) in [6, 6.07) is 14.0. The lowest BCUT2D eigenvalue weighted by atomic mass is 10.2. The molecule has 2 N–H and O–H groups in total. The fourth-order valence-electron chi connectivity index (χ4n) is 2.45. The van der Waals surface area contributed by atoms with Crippen LogP contribution in [0.15, 0.2) is 54.9 Å². The first-order valence-electron chi connectivity index (χ1n) is 6.83. The third-order valence-electron chi connectivity index (χ3n) is 3.47. The van der Waals surface area contributed by atoms with Crippen molar-refractivity contribution in [3.8, 4) is 0 Å². The van der Waals surface area contributed by atoms with E-state index in [0.717, 1.165) is 21.9 Å². The van der Waals surface area contributed by atoms with Crippen LogP contribution in [0, 0.1) is 0 Å². The smallest absolute Gasteiger partial charge is 0.136 e. The Balaban J connectivity index is 1.63. The number of imidazole rings is 1. The second kappa shape index (κ2) is 4.95. The minimum absolute atomic E-state index is 0.118. The molecule has 0 amide bonds. The predicted molar refractivity (Wildman–Crippen MR) is 85.4 cm³/mol. The van der Waals surface area contributed by atoms with Gasteiger partial charge < -0.3 is 10.1 Å². The van der Waals surface area contributed by atoms with Crippen LogP contribution in [-0.2, 0) is 6.42 Å². The highest BCUT2D eigenvalue weighted by molar-refractivity contribution is 7.18. The van der Waals surface area contributed by atoms with Gasteiger partial charge >= 0.3 is 0 Å². The Kier molecular flexibility index (Phi) is 2.94. The summed E-state index contributed by atoms with van der Waals surface area (Å²) < 4.78 is 3.19. The van der Waals surface area contributed by atoms with Gasteiger partial charge in [-0.2, -0.15) is 0 Å². The van der Waals surface area contributed by atoms with Crippen LogP contribution in [0.3, 0.4) is 0 Å². The monoisotopic (exact) mass is 294 g/mol. The normalized spacial score (nSPS) is 13.0. The molecule has 0 radical (unpaired) electrons. The number of pyridine rings is 1. The third kappa shape index (κ3) is 2.30. The molecule has 0 saturated heterocycles. The standard InChI is InChI=1S/C16H14N4S/c17-12(16-19-13-5-1-2-6-14(13)21-16)9-11-10-20-8-4-3-7-15(20)18-11/h1-8,10,12H,9,17H2. The highest BCUT2D eigenvalue weighted by Crippen LogP contribution is 2.26. The van der Waals surface area contributed by atoms with E-state index in [1.807, 2.05) is 53.2 Å². The number of nitrogens with zero attached hydrogens (tertiary/aromatic N) is 3. The van der Waals surface area contributed by atoms with Crippen molar-refractivity contribution in [2.75, 3.05) is 0 Å². The highest BCUT2D eigenvalue weighted by Gasteiger charge is 2.14. The first kappa shape index (κ1) is 12.5. The van der Waals surface area contributed by atoms with E-state index in [4.69, 9.17) is 5.73 Å². The average molecular weight is 294 g/mol. The predicted octanol–water partition coefficient (Wildman–Crippen LogP) is 3.19. The molecule has 4 rings (SSSR count). The van der Waals surface area contributed by atoms with Gasteiger partial charge in [-0.05, 0) is 24.3 Å². The molecule has 0 spiro atoms. The van der Waals surface area contributed by atoms with Crippen LogP contribution < -0.4 is 5.73 Å². The van der Waals surface area contributed by atoms with Crippen LogP contribution in [0.5, 0.6) is 0 Å². The van der Waals surface area contributed by atoms with Crippen molar-refractivity contribution in [3.63, 3.8) is 0 Å². The van der Waals surface area contributed by atoms with Crippen molar-refractivity contribution in [1.82, 2.24) is 14.4 Å². The number of rotatable bonds is 3. The minimum Gasteiger partial charge on any atom is -0.322 e. The van der Waals surface area contributed by atoms with Crippen LogP contribution in [0.1, 0.15) is 16.7 Å². The second-order valence-electron chi connectivity index (χ2n) is 5.03. The Hall–Kier alpha value is -2.24. The average Bonchev–Trinajstić information content (AvgIpc) is 3.10. The largest absolute Gasteiger partial charge is 0.322 e. The van der Waals surface area contributed by atoms with E-state index < -0.39 is 0 Å². The molecule has 0 bridgehead atoms. The van der Waals surface area contributed by atoms with Crippen molar-refractivity contribution < 1.29 is 0 Å². The first-order valence-corrected chi connectivity index (χ1v) is 7.65. The maximum absolute atomic E-state index is 6.31. The summed E-state index contributed by atoms with van der Waals surface area (Å²) in [6.07, 6.45) is 4.72. The summed E-state index contributed by atoms with van der Waals surface area (Å²) in [5.41, 5.74) is 9.27. The van der Waals surface area contributed by atoms with Crippen molar-refractivity contribution in [2.24, 2.45) is 5.73 Å². The summed E-state index contributed by atoms with van der Waals surface area (Å²) >= 11 is 1.66. The summed E-state index contributed by atoms with van der Waals surface area (Å²) in [4.78, 5) is 9.21. The zero-order valence-electron chi connectivity index (χ0n) is 11.3. The lowest BCUT2D eigenvalue weighted by Crippen LogP contribution is -2.13. The van der Waals surface area contributed by atoms with Crippen molar-refractivity contribution >= 4 is 27.2 Å². The maximum atomic E-state index is 6.31. The molecule has 1 aromatic carbocycles. The Morgan fingerprint density at radius 3 is 2.81 bits per heavy atom. The molecule has 0 fully saturated rings. The molecule has 4 aromatic rings. The fraction of sp³-hybridized carbons (Fsp3) is 0.125. The van der Waals surface area contributed by atoms with E-state index in [0.29, 0.717) is 6.42 Å². The van der Waals surface area contributed by atoms with Gasteiger partial charge in [-0.3, -0.25) is 0 Å². The number of hydrogen-bond acceptors (Lipinski definition) is 4. The molecular weight excluding hydrogens is 280 g/mol. The number of benzene rings is 1. The fourth-order valence-corrected chi connectivity index (χ4v) is 3.42. The van der Waals surface area contributed by atoms with Gasteiger partial charge in [0.15, 0.2) is 0 Å². The summed E-state index contributed by atoms with van der Waals surface area (Å²) in [5, 5.41) is 0.966. The SMILES string of the molecule is NC(Cc1cn2ccccc2n1)c1nc2ccccc2s1. The molecule has 0 aliphatic heterocycles. The summed E-state index contributed by atoms with van der Waals surface area (Å²) in [7, 11) is 0. The molecule has 3 aromatic heterocycles. The van der Waals surface area contributed by atoms with Crippen molar-refractivity contribution in [1.29, 1.82) is 0 Å². The van der Waals surface area contributed by atoms with Gasteiger partial charge in [-0.1, -0.05) is 18.2 Å². The van der Waals surface area contributed by atoms with Crippen LogP contribution in [0.4, 0.5) is 0 Å². The van der Waals surface area contributed by atoms with Gasteiger partial charge in [0.2, 0.25) is 0 Å². The quantitative estimate of drug-likeness (QED) is 0.631. The molecular formula is C16H14N4S. The van der Waals surface area contributed by atoms with Crippen LogP contribution in [-0.4, -0.2) is 14.4 Å². The Labute approximate surface area is 125 Å². The zero-order valence-corrected chi connectivity index (χ0v) is 12.1. The molecule has 0 aliphatic carbocycles. The lowest BCUT2D eigenvalue weighted by Gasteiger charge is -2.04. The summed E-state index contributed by atoms with van der Waals surface area (Å²) in [5.74, 6) is 0. The van der Waals surface area contributed by atoms with Crippen molar-refractivity contribution in [2.45, 2.75) is 12.5 Å². The molecule has 21 heavy (non-hydrogen) atoms. The zero-order chi connectivity index (χ0) is 14.2. The van der Waals surface area contributed by atoms with Crippen LogP contribution in [0.2, 0.25) is 0 Å². The van der Waals surface area contributed by atoms with Gasteiger partial charge in [0.25, 0.3) is 0 Å². The van der Waals surface area contributed by atoms with Gasteiger partial charge in [-0.15, -0.1) is 11.3 Å². The molecule has 104 valence electrons. The van der Waals surface area contributed by atoms with Crippen LogP contribution in [0.25, 0.3) is 15.9 Å². The molecule has 0 aliphatic rings. The second-order valence-corrected chi connectivity index (χ2v) is 6.09. The molecule has 1 unspecified atom stereocenters.